The SMILES string of the molecule is Cc1ccc(CN2C(=O)CC[C@@]23CCCN(Cc2nc4ccccn4c2C)CC3)cc1. The van der Waals surface area contributed by atoms with Gasteiger partial charge in [0.05, 0.1) is 5.69 Å². The second-order valence-corrected chi connectivity index (χ2v) is 9.39. The van der Waals surface area contributed by atoms with Crippen LogP contribution in [0.4, 0.5) is 0 Å². The normalized spacial score (nSPS) is 22.5. The first-order valence-electron chi connectivity index (χ1n) is 11.6. The summed E-state index contributed by atoms with van der Waals surface area (Å²) < 4.78 is 2.17. The molecule has 2 saturated heterocycles. The lowest BCUT2D eigenvalue weighted by molar-refractivity contribution is -0.132. The van der Waals surface area contributed by atoms with Gasteiger partial charge < -0.3 is 9.30 Å². The number of benzene rings is 1. The molecule has 0 bridgehead atoms. The van der Waals surface area contributed by atoms with Crippen molar-refractivity contribution in [2.45, 2.75) is 64.6 Å². The molecule has 0 N–H and O–H groups in total. The van der Waals surface area contributed by atoms with Gasteiger partial charge in [0.25, 0.3) is 0 Å². The minimum atomic E-state index is 0.0185. The smallest absolute Gasteiger partial charge is 0.223 e. The van der Waals surface area contributed by atoms with Crippen molar-refractivity contribution in [3.8, 4) is 0 Å². The molecule has 0 saturated carbocycles. The summed E-state index contributed by atoms with van der Waals surface area (Å²) in [5.74, 6) is 0.324. The summed E-state index contributed by atoms with van der Waals surface area (Å²) in [5.41, 5.74) is 5.94. The van der Waals surface area contributed by atoms with Gasteiger partial charge in [-0.1, -0.05) is 35.9 Å². The number of fused-ring (bicyclic) bond motifs is 1. The summed E-state index contributed by atoms with van der Waals surface area (Å²) in [6.07, 6.45) is 7.06. The minimum absolute atomic E-state index is 0.0185. The molecule has 0 radical (unpaired) electrons. The van der Waals surface area contributed by atoms with Crippen molar-refractivity contribution < 1.29 is 4.79 Å². The fourth-order valence-corrected chi connectivity index (χ4v) is 5.45. The number of aromatic nitrogens is 2. The number of pyridine rings is 1. The lowest BCUT2D eigenvalue weighted by Gasteiger charge is -2.38. The van der Waals surface area contributed by atoms with Crippen molar-refractivity contribution in [2.24, 2.45) is 0 Å². The largest absolute Gasteiger partial charge is 0.333 e. The van der Waals surface area contributed by atoms with Gasteiger partial charge in [0.1, 0.15) is 5.65 Å². The molecule has 2 aliphatic rings. The molecular formula is C26H32N4O. The van der Waals surface area contributed by atoms with Gasteiger partial charge in [-0.15, -0.1) is 0 Å². The van der Waals surface area contributed by atoms with Gasteiger partial charge >= 0.3 is 0 Å². The predicted molar refractivity (Wildman–Crippen MR) is 123 cm³/mol. The number of carbonyl (C=O) groups is 1. The quantitative estimate of drug-likeness (QED) is 0.629. The average Bonchev–Trinajstić information content (AvgIpc) is 3.15. The van der Waals surface area contributed by atoms with Crippen molar-refractivity contribution in [1.82, 2.24) is 19.2 Å². The van der Waals surface area contributed by atoms with E-state index in [4.69, 9.17) is 4.98 Å². The summed E-state index contributed by atoms with van der Waals surface area (Å²) in [5, 5.41) is 0. The van der Waals surface area contributed by atoms with E-state index in [0.717, 1.165) is 57.5 Å². The zero-order valence-electron chi connectivity index (χ0n) is 18.7. The third kappa shape index (κ3) is 3.87. The summed E-state index contributed by atoms with van der Waals surface area (Å²) in [6, 6.07) is 14.8. The van der Waals surface area contributed by atoms with E-state index in [-0.39, 0.29) is 5.54 Å². The highest BCUT2D eigenvalue weighted by Crippen LogP contribution is 2.40. The first-order valence-corrected chi connectivity index (χ1v) is 11.6. The Labute approximate surface area is 184 Å². The maximum absolute atomic E-state index is 12.8. The molecule has 1 atom stereocenters. The Morgan fingerprint density at radius 2 is 1.81 bits per heavy atom. The Bertz CT molecular complexity index is 1090. The molecule has 1 spiro atoms. The molecule has 0 aliphatic carbocycles. The Morgan fingerprint density at radius 3 is 2.61 bits per heavy atom. The molecule has 31 heavy (non-hydrogen) atoms. The van der Waals surface area contributed by atoms with Gasteiger partial charge in [0.2, 0.25) is 5.91 Å². The van der Waals surface area contributed by atoms with E-state index in [1.54, 1.807) is 0 Å². The van der Waals surface area contributed by atoms with Gasteiger partial charge in [-0.25, -0.2) is 4.98 Å². The number of hydrogen-bond acceptors (Lipinski definition) is 3. The number of nitrogens with zero attached hydrogens (tertiary/aromatic N) is 4. The third-order valence-corrected chi connectivity index (χ3v) is 7.39. The van der Waals surface area contributed by atoms with Crippen molar-refractivity contribution in [2.75, 3.05) is 13.1 Å². The van der Waals surface area contributed by atoms with E-state index in [1.807, 2.05) is 6.07 Å². The number of rotatable bonds is 4. The van der Waals surface area contributed by atoms with Crippen LogP contribution in [0.5, 0.6) is 0 Å². The molecule has 1 aromatic carbocycles. The van der Waals surface area contributed by atoms with Crippen LogP contribution in [-0.4, -0.2) is 43.7 Å². The van der Waals surface area contributed by atoms with Crippen LogP contribution in [0, 0.1) is 13.8 Å². The topological polar surface area (TPSA) is 40.9 Å². The van der Waals surface area contributed by atoms with E-state index in [1.165, 1.54) is 22.5 Å². The number of likely N-dealkylation sites (tertiary alicyclic amines) is 2. The lowest BCUT2D eigenvalue weighted by Crippen LogP contribution is -2.45. The molecule has 2 aliphatic heterocycles. The summed E-state index contributed by atoms with van der Waals surface area (Å²) >= 11 is 0. The zero-order chi connectivity index (χ0) is 21.4. The number of carbonyl (C=O) groups excluding carboxylic acids is 1. The minimum Gasteiger partial charge on any atom is -0.333 e. The van der Waals surface area contributed by atoms with E-state index < -0.39 is 0 Å². The van der Waals surface area contributed by atoms with E-state index in [2.05, 4.69) is 70.6 Å². The molecule has 4 heterocycles. The highest BCUT2D eigenvalue weighted by molar-refractivity contribution is 5.79. The average molecular weight is 417 g/mol. The Kier molecular flexibility index (Phi) is 5.30. The maximum Gasteiger partial charge on any atom is 0.223 e. The van der Waals surface area contributed by atoms with Crippen LogP contribution in [0.1, 0.15) is 54.6 Å². The van der Waals surface area contributed by atoms with E-state index in [9.17, 15) is 4.79 Å². The predicted octanol–water partition coefficient (Wildman–Crippen LogP) is 4.50. The first kappa shape index (κ1) is 20.3. The number of aryl methyl sites for hydroxylation is 2. The van der Waals surface area contributed by atoms with Crippen molar-refractivity contribution in [3.05, 3.63) is 71.2 Å². The Balaban J connectivity index is 1.31. The van der Waals surface area contributed by atoms with Crippen molar-refractivity contribution >= 4 is 11.6 Å². The molecule has 5 nitrogen and oxygen atoms in total. The third-order valence-electron chi connectivity index (χ3n) is 7.39. The summed E-state index contributed by atoms with van der Waals surface area (Å²) in [6.45, 7) is 7.98. The molecule has 162 valence electrons. The van der Waals surface area contributed by atoms with E-state index >= 15 is 0 Å². The van der Waals surface area contributed by atoms with Crippen molar-refractivity contribution in [3.63, 3.8) is 0 Å². The van der Waals surface area contributed by atoms with Crippen LogP contribution >= 0.6 is 0 Å². The molecule has 1 amide bonds. The molecule has 0 unspecified atom stereocenters. The molecule has 2 aromatic heterocycles. The van der Waals surface area contributed by atoms with Crippen LogP contribution < -0.4 is 0 Å². The highest BCUT2D eigenvalue weighted by Gasteiger charge is 2.45. The molecule has 5 rings (SSSR count). The van der Waals surface area contributed by atoms with Gasteiger partial charge in [-0.2, -0.15) is 0 Å². The molecular weight excluding hydrogens is 384 g/mol. The number of amides is 1. The van der Waals surface area contributed by atoms with Gasteiger partial charge in [0, 0.05) is 43.5 Å². The van der Waals surface area contributed by atoms with Crippen LogP contribution in [0.2, 0.25) is 0 Å². The lowest BCUT2D eigenvalue weighted by atomic mass is 9.87. The van der Waals surface area contributed by atoms with Crippen molar-refractivity contribution in [1.29, 1.82) is 0 Å². The Morgan fingerprint density at radius 1 is 0.968 bits per heavy atom. The van der Waals surface area contributed by atoms with E-state index in [0.29, 0.717) is 12.3 Å². The van der Waals surface area contributed by atoms with Crippen LogP contribution in [0.15, 0.2) is 48.7 Å². The Hall–Kier alpha value is -2.66. The molecule has 3 aromatic rings. The van der Waals surface area contributed by atoms with Gasteiger partial charge in [-0.3, -0.25) is 9.69 Å². The summed E-state index contributed by atoms with van der Waals surface area (Å²) in [7, 11) is 0. The molecule has 5 heteroatoms. The number of hydrogen-bond donors (Lipinski definition) is 0. The fraction of sp³-hybridized carbons (Fsp3) is 0.462. The van der Waals surface area contributed by atoms with Crippen LogP contribution in [0.3, 0.4) is 0 Å². The summed E-state index contributed by atoms with van der Waals surface area (Å²) in [4.78, 5) is 22.5. The first-order chi connectivity index (χ1) is 15.0. The van der Waals surface area contributed by atoms with Gasteiger partial charge in [-0.05, 0) is 63.8 Å². The number of imidazole rings is 1. The second kappa shape index (κ2) is 8.12. The fourth-order valence-electron chi connectivity index (χ4n) is 5.45. The molecule has 2 fully saturated rings. The second-order valence-electron chi connectivity index (χ2n) is 9.39. The monoisotopic (exact) mass is 416 g/mol. The van der Waals surface area contributed by atoms with Crippen LogP contribution in [-0.2, 0) is 17.9 Å². The van der Waals surface area contributed by atoms with Gasteiger partial charge in [0.15, 0.2) is 0 Å². The highest BCUT2D eigenvalue weighted by atomic mass is 16.2. The zero-order valence-corrected chi connectivity index (χ0v) is 18.7. The maximum atomic E-state index is 12.8. The van der Waals surface area contributed by atoms with Crippen LogP contribution in [0.25, 0.3) is 5.65 Å². The standard InChI is InChI=1S/C26H32N4O/c1-20-7-9-22(10-8-20)18-30-25(31)11-13-26(30)12-5-15-28(17-14-26)19-23-21(2)29-16-4-3-6-24(29)27-23/h3-4,6-10,16H,5,11-15,17-19H2,1-2H3/t26-/m1/s1.